The third kappa shape index (κ3) is 3.88. The number of carbonyl (C=O) groups is 2. The lowest BCUT2D eigenvalue weighted by molar-refractivity contribution is -0.148. The molecule has 7 heteroatoms. The van der Waals surface area contributed by atoms with Gasteiger partial charge in [-0.1, -0.05) is 24.3 Å². The average molecular weight is 360 g/mol. The molecule has 0 aliphatic carbocycles. The normalized spacial score (nSPS) is 16.7. The Hall–Kier alpha value is -2.80. The van der Waals surface area contributed by atoms with E-state index in [0.29, 0.717) is 13.0 Å². The van der Waals surface area contributed by atoms with Crippen molar-refractivity contribution in [3.05, 3.63) is 65.2 Å². The number of amides is 1. The summed E-state index contributed by atoms with van der Waals surface area (Å²) in [6.45, 7) is 0.235. The van der Waals surface area contributed by atoms with Crippen LogP contribution < -0.4 is 5.32 Å². The summed E-state index contributed by atoms with van der Waals surface area (Å²) in [5.41, 5.74) is 1.80. The van der Waals surface area contributed by atoms with Crippen molar-refractivity contribution in [3.63, 3.8) is 0 Å². The summed E-state index contributed by atoms with van der Waals surface area (Å²) < 4.78 is 31.8. The Morgan fingerprint density at radius 2 is 1.92 bits per heavy atom. The van der Waals surface area contributed by atoms with Crippen molar-refractivity contribution in [1.82, 2.24) is 4.90 Å². The second-order valence-corrected chi connectivity index (χ2v) is 6.09. The molecule has 1 aliphatic heterocycles. The van der Waals surface area contributed by atoms with Crippen molar-refractivity contribution < 1.29 is 23.1 Å². The summed E-state index contributed by atoms with van der Waals surface area (Å²) in [6, 6.07) is 9.86. The molecular formula is C19H18F2N2O3. The van der Waals surface area contributed by atoms with Crippen LogP contribution >= 0.6 is 0 Å². The molecule has 1 aliphatic rings. The third-order valence-corrected chi connectivity index (χ3v) is 4.37. The highest BCUT2D eigenvalue weighted by atomic mass is 19.1. The first-order valence-corrected chi connectivity index (χ1v) is 8.11. The summed E-state index contributed by atoms with van der Waals surface area (Å²) in [7, 11) is 1.29. The van der Waals surface area contributed by atoms with Crippen LogP contribution in [0.2, 0.25) is 0 Å². The third-order valence-electron chi connectivity index (χ3n) is 4.37. The molecule has 0 spiro atoms. The van der Waals surface area contributed by atoms with E-state index < -0.39 is 29.6 Å². The van der Waals surface area contributed by atoms with Crippen LogP contribution in [0.4, 0.5) is 14.5 Å². The van der Waals surface area contributed by atoms with Crippen molar-refractivity contribution in [3.8, 4) is 0 Å². The van der Waals surface area contributed by atoms with E-state index in [9.17, 15) is 18.4 Å². The number of methoxy groups -OCH3 is 1. The maximum atomic E-state index is 13.7. The topological polar surface area (TPSA) is 58.6 Å². The molecule has 1 heterocycles. The van der Waals surface area contributed by atoms with E-state index in [-0.39, 0.29) is 12.2 Å². The summed E-state index contributed by atoms with van der Waals surface area (Å²) >= 11 is 0. The molecular weight excluding hydrogens is 342 g/mol. The molecule has 0 saturated carbocycles. The van der Waals surface area contributed by atoms with Crippen LogP contribution in [-0.4, -0.2) is 36.5 Å². The fourth-order valence-electron chi connectivity index (χ4n) is 3.08. The van der Waals surface area contributed by atoms with E-state index in [1.54, 1.807) is 4.90 Å². The molecule has 0 aromatic heterocycles. The summed E-state index contributed by atoms with van der Waals surface area (Å²) in [5, 5.41) is 2.35. The first kappa shape index (κ1) is 18.0. The number of anilines is 1. The zero-order valence-electron chi connectivity index (χ0n) is 14.2. The number of rotatable bonds is 4. The van der Waals surface area contributed by atoms with Crippen molar-refractivity contribution in [2.75, 3.05) is 19.0 Å². The van der Waals surface area contributed by atoms with Crippen LogP contribution in [0.5, 0.6) is 0 Å². The minimum Gasteiger partial charge on any atom is -0.468 e. The van der Waals surface area contributed by atoms with Crippen molar-refractivity contribution in [2.24, 2.45) is 0 Å². The van der Waals surface area contributed by atoms with Crippen molar-refractivity contribution in [1.29, 1.82) is 0 Å². The number of hydrogen-bond acceptors (Lipinski definition) is 4. The maximum Gasteiger partial charge on any atom is 0.323 e. The van der Waals surface area contributed by atoms with Gasteiger partial charge in [-0.15, -0.1) is 0 Å². The zero-order chi connectivity index (χ0) is 18.7. The van der Waals surface area contributed by atoms with Crippen LogP contribution in [0.25, 0.3) is 0 Å². The standard InChI is InChI=1S/C19H18F2N2O3/c1-26-19(25)17-8-12-4-2-3-5-13(12)10-23(17)11-18(24)22-16-9-14(20)6-7-15(16)21/h2-7,9,17H,8,10-11H2,1H3,(H,22,24)/t17-/m0/s1. The summed E-state index contributed by atoms with van der Waals surface area (Å²) in [6.07, 6.45) is 0.421. The highest BCUT2D eigenvalue weighted by molar-refractivity contribution is 5.92. The van der Waals surface area contributed by atoms with Crippen LogP contribution in [0, 0.1) is 11.6 Å². The Kier molecular flexibility index (Phi) is 5.27. The average Bonchev–Trinajstić information content (AvgIpc) is 2.63. The number of esters is 1. The minimum absolute atomic E-state index is 0.149. The van der Waals surface area contributed by atoms with Gasteiger partial charge in [0.25, 0.3) is 0 Å². The Morgan fingerprint density at radius 3 is 2.65 bits per heavy atom. The Morgan fingerprint density at radius 1 is 1.19 bits per heavy atom. The second-order valence-electron chi connectivity index (χ2n) is 6.09. The first-order chi connectivity index (χ1) is 12.5. The quantitative estimate of drug-likeness (QED) is 0.852. The lowest BCUT2D eigenvalue weighted by Gasteiger charge is -2.34. The zero-order valence-corrected chi connectivity index (χ0v) is 14.2. The number of fused-ring (bicyclic) bond motifs is 1. The van der Waals surface area contributed by atoms with Gasteiger partial charge in [0.05, 0.1) is 19.3 Å². The lowest BCUT2D eigenvalue weighted by Crippen LogP contribution is -2.49. The monoisotopic (exact) mass is 360 g/mol. The van der Waals surface area contributed by atoms with Gasteiger partial charge >= 0.3 is 5.97 Å². The van der Waals surface area contributed by atoms with Gasteiger partial charge in [-0.2, -0.15) is 0 Å². The van der Waals surface area contributed by atoms with E-state index in [1.165, 1.54) is 7.11 Å². The van der Waals surface area contributed by atoms with Gasteiger partial charge in [0, 0.05) is 12.6 Å². The highest BCUT2D eigenvalue weighted by Crippen LogP contribution is 2.24. The number of benzene rings is 2. The molecule has 1 atom stereocenters. The number of hydrogen-bond donors (Lipinski definition) is 1. The highest BCUT2D eigenvalue weighted by Gasteiger charge is 2.33. The van der Waals surface area contributed by atoms with Crippen LogP contribution in [-0.2, 0) is 27.3 Å². The first-order valence-electron chi connectivity index (χ1n) is 8.11. The Balaban J connectivity index is 1.76. The van der Waals surface area contributed by atoms with Crippen molar-refractivity contribution >= 4 is 17.6 Å². The van der Waals surface area contributed by atoms with Crippen LogP contribution in [0.1, 0.15) is 11.1 Å². The maximum absolute atomic E-state index is 13.7. The fraction of sp³-hybridized carbons (Fsp3) is 0.263. The molecule has 1 N–H and O–H groups in total. The molecule has 0 fully saturated rings. The van der Waals surface area contributed by atoms with Gasteiger partial charge in [0.2, 0.25) is 5.91 Å². The summed E-state index contributed by atoms with van der Waals surface area (Å²) in [5.74, 6) is -2.36. The smallest absolute Gasteiger partial charge is 0.323 e. The van der Waals surface area contributed by atoms with Crippen molar-refractivity contribution in [2.45, 2.75) is 19.0 Å². The molecule has 136 valence electrons. The van der Waals surface area contributed by atoms with E-state index in [1.807, 2.05) is 24.3 Å². The van der Waals surface area contributed by atoms with Gasteiger partial charge in [-0.3, -0.25) is 14.5 Å². The number of nitrogens with one attached hydrogen (secondary N) is 1. The second kappa shape index (κ2) is 7.61. The molecule has 26 heavy (non-hydrogen) atoms. The fourth-order valence-corrected chi connectivity index (χ4v) is 3.08. The largest absolute Gasteiger partial charge is 0.468 e. The van der Waals surface area contributed by atoms with Crippen LogP contribution in [0.3, 0.4) is 0 Å². The predicted octanol–water partition coefficient (Wildman–Crippen LogP) is 2.50. The van der Waals surface area contributed by atoms with E-state index >= 15 is 0 Å². The molecule has 5 nitrogen and oxygen atoms in total. The predicted molar refractivity (Wildman–Crippen MR) is 91.3 cm³/mol. The molecule has 0 radical (unpaired) electrons. The molecule has 2 aromatic carbocycles. The van der Waals surface area contributed by atoms with E-state index in [2.05, 4.69) is 5.32 Å². The Labute approximate surface area is 149 Å². The van der Waals surface area contributed by atoms with Gasteiger partial charge in [0.1, 0.15) is 17.7 Å². The number of ether oxygens (including phenoxy) is 1. The molecule has 0 saturated heterocycles. The summed E-state index contributed by atoms with van der Waals surface area (Å²) in [4.78, 5) is 26.1. The molecule has 1 amide bonds. The molecule has 3 rings (SSSR count). The van der Waals surface area contributed by atoms with Crippen LogP contribution in [0.15, 0.2) is 42.5 Å². The number of carbonyl (C=O) groups excluding carboxylic acids is 2. The molecule has 0 bridgehead atoms. The minimum atomic E-state index is -0.728. The van der Waals surface area contributed by atoms with E-state index in [4.69, 9.17) is 4.74 Å². The number of nitrogens with zero attached hydrogens (tertiary/aromatic N) is 1. The Bertz CT molecular complexity index is 841. The van der Waals surface area contributed by atoms with Gasteiger partial charge < -0.3 is 10.1 Å². The van der Waals surface area contributed by atoms with Gasteiger partial charge in [0.15, 0.2) is 0 Å². The van der Waals surface area contributed by atoms with E-state index in [0.717, 1.165) is 29.3 Å². The lowest BCUT2D eigenvalue weighted by atomic mass is 9.94. The number of halogens is 2. The molecule has 0 unspecified atom stereocenters. The molecule has 2 aromatic rings. The van der Waals surface area contributed by atoms with Gasteiger partial charge in [-0.05, 0) is 29.7 Å². The SMILES string of the molecule is COC(=O)[C@@H]1Cc2ccccc2CN1CC(=O)Nc1cc(F)ccc1F. The van der Waals surface area contributed by atoms with Gasteiger partial charge in [-0.25, -0.2) is 8.78 Å².